The van der Waals surface area contributed by atoms with Gasteiger partial charge in [-0.25, -0.2) is 14.5 Å². The Morgan fingerprint density at radius 1 is 1.25 bits per heavy atom. The summed E-state index contributed by atoms with van der Waals surface area (Å²) in [6.07, 6.45) is 4.53. The summed E-state index contributed by atoms with van der Waals surface area (Å²) in [6.45, 7) is 4.37. The number of ether oxygens (including phenoxy) is 1. The molecule has 0 N–H and O–H groups in total. The molecule has 5 rings (SSSR count). The molecular formula is C23H25N7O2. The molecule has 32 heavy (non-hydrogen) atoms. The van der Waals surface area contributed by atoms with E-state index in [1.54, 1.807) is 16.8 Å². The molecule has 3 aromatic rings. The van der Waals surface area contributed by atoms with Gasteiger partial charge in [-0.3, -0.25) is 4.79 Å². The predicted octanol–water partition coefficient (Wildman–Crippen LogP) is 2.03. The van der Waals surface area contributed by atoms with Gasteiger partial charge in [0.25, 0.3) is 0 Å². The lowest BCUT2D eigenvalue weighted by atomic mass is 10.0. The average molecular weight is 432 g/mol. The number of rotatable bonds is 6. The highest BCUT2D eigenvalue weighted by molar-refractivity contribution is 5.77. The number of carbonyl (C=O) groups is 1. The number of anilines is 1. The first-order chi connectivity index (χ1) is 15.6. The van der Waals surface area contributed by atoms with Gasteiger partial charge in [0.05, 0.1) is 36.9 Å². The second kappa shape index (κ2) is 8.55. The predicted molar refractivity (Wildman–Crippen MR) is 117 cm³/mol. The normalized spacial score (nSPS) is 22.3. The van der Waals surface area contributed by atoms with Gasteiger partial charge in [-0.05, 0) is 36.6 Å². The van der Waals surface area contributed by atoms with Crippen molar-refractivity contribution in [1.29, 1.82) is 5.26 Å². The van der Waals surface area contributed by atoms with Crippen LogP contribution in [0.5, 0.6) is 0 Å². The second-order valence-electron chi connectivity index (χ2n) is 8.51. The van der Waals surface area contributed by atoms with Crippen LogP contribution in [0.2, 0.25) is 0 Å². The highest BCUT2D eigenvalue weighted by atomic mass is 16.5. The van der Waals surface area contributed by atoms with Gasteiger partial charge in [0, 0.05) is 25.3 Å². The van der Waals surface area contributed by atoms with E-state index >= 15 is 0 Å². The van der Waals surface area contributed by atoms with Crippen molar-refractivity contribution in [2.45, 2.75) is 38.5 Å². The van der Waals surface area contributed by atoms with Crippen LogP contribution in [0.4, 0.5) is 5.82 Å². The maximum absolute atomic E-state index is 12.9. The van der Waals surface area contributed by atoms with Crippen molar-refractivity contribution in [2.75, 3.05) is 24.6 Å². The van der Waals surface area contributed by atoms with E-state index in [4.69, 9.17) is 10.00 Å². The van der Waals surface area contributed by atoms with Crippen LogP contribution in [0.25, 0.3) is 5.65 Å². The molecule has 9 nitrogen and oxygen atoms in total. The van der Waals surface area contributed by atoms with Crippen molar-refractivity contribution in [3.63, 3.8) is 0 Å². The van der Waals surface area contributed by atoms with Crippen molar-refractivity contribution in [3.05, 3.63) is 54.1 Å². The molecule has 164 valence electrons. The minimum atomic E-state index is 0.125. The summed E-state index contributed by atoms with van der Waals surface area (Å²) in [6, 6.07) is 12.1. The van der Waals surface area contributed by atoms with Crippen LogP contribution >= 0.6 is 0 Å². The van der Waals surface area contributed by atoms with Crippen molar-refractivity contribution >= 4 is 17.4 Å². The minimum absolute atomic E-state index is 0.125. The molecule has 2 bridgehead atoms. The van der Waals surface area contributed by atoms with Gasteiger partial charge in [0.1, 0.15) is 18.2 Å². The third-order valence-corrected chi connectivity index (χ3v) is 6.47. The summed E-state index contributed by atoms with van der Waals surface area (Å²) in [5.41, 5.74) is 2.24. The summed E-state index contributed by atoms with van der Waals surface area (Å²) in [4.78, 5) is 25.9. The molecule has 5 heterocycles. The van der Waals surface area contributed by atoms with Crippen molar-refractivity contribution in [1.82, 2.24) is 24.5 Å². The Labute approximate surface area is 186 Å². The number of aromatic nitrogens is 4. The van der Waals surface area contributed by atoms with Crippen molar-refractivity contribution < 1.29 is 9.53 Å². The van der Waals surface area contributed by atoms with Gasteiger partial charge < -0.3 is 14.5 Å². The number of amides is 1. The Hall–Kier alpha value is -3.51. The van der Waals surface area contributed by atoms with Crippen LogP contribution in [0.3, 0.4) is 0 Å². The fourth-order valence-electron chi connectivity index (χ4n) is 4.90. The monoisotopic (exact) mass is 431 g/mol. The molecule has 2 fully saturated rings. The Balaban J connectivity index is 1.16. The third-order valence-electron chi connectivity index (χ3n) is 6.47. The SMILES string of the molecule is C[C@H]1CC2CN(C(=O)CCOCc3cccc4ncnn34)CC1N2c1ccc(C#N)cn1. The molecule has 0 aliphatic carbocycles. The fraction of sp³-hybridized carbons (Fsp3) is 0.435. The number of carbonyl (C=O) groups excluding carboxylic acids is 1. The largest absolute Gasteiger partial charge is 0.375 e. The maximum Gasteiger partial charge on any atom is 0.225 e. The summed E-state index contributed by atoms with van der Waals surface area (Å²) in [5, 5.41) is 13.2. The van der Waals surface area contributed by atoms with Crippen LogP contribution in [0.15, 0.2) is 42.9 Å². The quantitative estimate of drug-likeness (QED) is 0.551. The van der Waals surface area contributed by atoms with E-state index in [0.717, 1.165) is 23.6 Å². The maximum atomic E-state index is 12.9. The van der Waals surface area contributed by atoms with E-state index in [1.807, 2.05) is 29.2 Å². The topological polar surface area (TPSA) is 99.7 Å². The Morgan fingerprint density at radius 3 is 2.94 bits per heavy atom. The highest BCUT2D eigenvalue weighted by Crippen LogP contribution is 2.37. The van der Waals surface area contributed by atoms with Gasteiger partial charge >= 0.3 is 0 Å². The molecular weight excluding hydrogens is 406 g/mol. The van der Waals surface area contributed by atoms with Crippen LogP contribution in [0, 0.1) is 17.2 Å². The number of hydrogen-bond acceptors (Lipinski definition) is 7. The number of fused-ring (bicyclic) bond motifs is 3. The first kappa shape index (κ1) is 20.4. The fourth-order valence-corrected chi connectivity index (χ4v) is 4.90. The number of piperazine rings is 1. The molecule has 1 amide bonds. The van der Waals surface area contributed by atoms with Crippen LogP contribution < -0.4 is 4.90 Å². The zero-order valence-corrected chi connectivity index (χ0v) is 18.0. The molecule has 0 saturated carbocycles. The number of nitrogens with zero attached hydrogens (tertiary/aromatic N) is 7. The van der Waals surface area contributed by atoms with Crippen molar-refractivity contribution in [2.24, 2.45) is 5.92 Å². The molecule has 2 aliphatic rings. The number of nitriles is 1. The summed E-state index contributed by atoms with van der Waals surface area (Å²) >= 11 is 0. The standard InChI is InChI=1S/C23H25N7O2/c1-16-9-19-12-28(13-20(16)29(19)21-6-5-17(10-24)11-25-21)23(31)7-8-32-14-18-3-2-4-22-26-15-27-30(18)22/h2-6,11,15-16,19-20H,7-9,12-14H2,1H3/t16-,19?,20?/m0/s1. The third kappa shape index (κ3) is 3.78. The van der Waals surface area contributed by atoms with E-state index in [1.165, 1.54) is 6.33 Å². The second-order valence-corrected chi connectivity index (χ2v) is 8.51. The summed E-state index contributed by atoms with van der Waals surface area (Å²) < 4.78 is 7.53. The average Bonchev–Trinajstić information content (AvgIpc) is 3.37. The lowest BCUT2D eigenvalue weighted by Crippen LogP contribution is -2.56. The number of hydrogen-bond donors (Lipinski definition) is 0. The molecule has 0 aromatic carbocycles. The van der Waals surface area contributed by atoms with Gasteiger partial charge in [-0.2, -0.15) is 10.4 Å². The first-order valence-corrected chi connectivity index (χ1v) is 10.9. The van der Waals surface area contributed by atoms with E-state index in [0.29, 0.717) is 44.2 Å². The van der Waals surface area contributed by atoms with E-state index in [9.17, 15) is 4.79 Å². The summed E-state index contributed by atoms with van der Waals surface area (Å²) in [7, 11) is 0. The highest BCUT2D eigenvalue weighted by Gasteiger charge is 2.45. The Kier molecular flexibility index (Phi) is 5.45. The van der Waals surface area contributed by atoms with Gasteiger partial charge in [-0.1, -0.05) is 13.0 Å². The lowest BCUT2D eigenvalue weighted by Gasteiger charge is -2.42. The smallest absolute Gasteiger partial charge is 0.225 e. The van der Waals surface area contributed by atoms with Crippen LogP contribution in [-0.4, -0.2) is 62.2 Å². The van der Waals surface area contributed by atoms with Gasteiger partial charge in [0.15, 0.2) is 5.65 Å². The molecule has 2 saturated heterocycles. The van der Waals surface area contributed by atoms with E-state index in [-0.39, 0.29) is 18.0 Å². The molecule has 0 radical (unpaired) electrons. The molecule has 3 aromatic heterocycles. The number of pyridine rings is 2. The summed E-state index contributed by atoms with van der Waals surface area (Å²) in [5.74, 6) is 1.50. The zero-order valence-electron chi connectivity index (χ0n) is 18.0. The van der Waals surface area contributed by atoms with E-state index in [2.05, 4.69) is 33.0 Å². The van der Waals surface area contributed by atoms with Crippen LogP contribution in [-0.2, 0) is 16.1 Å². The molecule has 9 heteroatoms. The van der Waals surface area contributed by atoms with Crippen LogP contribution in [0.1, 0.15) is 31.0 Å². The zero-order chi connectivity index (χ0) is 22.1. The van der Waals surface area contributed by atoms with E-state index < -0.39 is 0 Å². The first-order valence-electron chi connectivity index (χ1n) is 10.9. The van der Waals surface area contributed by atoms with Gasteiger partial charge in [0.2, 0.25) is 5.91 Å². The molecule has 2 unspecified atom stereocenters. The molecule has 2 aliphatic heterocycles. The Bertz CT molecular complexity index is 1150. The number of likely N-dealkylation sites (tertiary alicyclic amines) is 1. The van der Waals surface area contributed by atoms with Crippen molar-refractivity contribution in [3.8, 4) is 6.07 Å². The molecule has 3 atom stereocenters. The lowest BCUT2D eigenvalue weighted by molar-refractivity contribution is -0.133. The Morgan fingerprint density at radius 2 is 2.16 bits per heavy atom. The van der Waals surface area contributed by atoms with Gasteiger partial charge in [-0.15, -0.1) is 0 Å². The minimum Gasteiger partial charge on any atom is -0.375 e. The molecule has 0 spiro atoms.